The number of carbonyl (C=O) groups is 1. The van der Waals surface area contributed by atoms with E-state index in [1.54, 1.807) is 44.2 Å². The molecule has 0 radical (unpaired) electrons. The van der Waals surface area contributed by atoms with Crippen molar-refractivity contribution < 1.29 is 23.3 Å². The van der Waals surface area contributed by atoms with Gasteiger partial charge in [-0.2, -0.15) is 0 Å². The lowest BCUT2D eigenvalue weighted by Crippen LogP contribution is -2.33. The molecule has 1 atom stereocenters. The van der Waals surface area contributed by atoms with Gasteiger partial charge in [0.2, 0.25) is 0 Å². The fraction of sp³-hybridized carbons (Fsp3) is 0.278. The Bertz CT molecular complexity index is 834. The van der Waals surface area contributed by atoms with Gasteiger partial charge >= 0.3 is 13.6 Å². The van der Waals surface area contributed by atoms with E-state index in [-0.39, 0.29) is 18.9 Å². The summed E-state index contributed by atoms with van der Waals surface area (Å²) in [6.45, 7) is 3.66. The molecule has 0 spiro atoms. The van der Waals surface area contributed by atoms with Crippen molar-refractivity contribution in [1.29, 1.82) is 0 Å². The number of nitrogens with one attached hydrogen (secondary N) is 2. The number of anilines is 1. The predicted molar refractivity (Wildman–Crippen MR) is 105 cm³/mol. The molecule has 0 aliphatic carbocycles. The Morgan fingerprint density at radius 3 is 2.14 bits per heavy atom. The Morgan fingerprint density at radius 1 is 1.07 bits per heavy atom. The van der Waals surface area contributed by atoms with E-state index in [2.05, 4.69) is 10.6 Å². The number of nitrogens with zero attached hydrogens (tertiary/aromatic N) is 1. The van der Waals surface area contributed by atoms with Gasteiger partial charge in [0.05, 0.1) is 18.1 Å². The number of nitro benzene ring substituents is 1. The minimum absolute atomic E-state index is 0.0923. The molecule has 2 N–H and O–H groups in total. The Kier molecular flexibility index (Phi) is 7.69. The predicted octanol–water partition coefficient (Wildman–Crippen LogP) is 4.68. The van der Waals surface area contributed by atoms with Crippen LogP contribution in [0.5, 0.6) is 0 Å². The summed E-state index contributed by atoms with van der Waals surface area (Å²) >= 11 is 0. The zero-order valence-corrected chi connectivity index (χ0v) is 16.4. The first kappa shape index (κ1) is 21.6. The zero-order valence-electron chi connectivity index (χ0n) is 15.5. The van der Waals surface area contributed by atoms with Crippen LogP contribution in [0.25, 0.3) is 0 Å². The first-order valence-electron chi connectivity index (χ1n) is 8.65. The fourth-order valence-corrected chi connectivity index (χ4v) is 4.39. The molecular weight excluding hydrogens is 385 g/mol. The van der Waals surface area contributed by atoms with Crippen molar-refractivity contribution >= 4 is 25.0 Å². The molecule has 9 nitrogen and oxygen atoms in total. The van der Waals surface area contributed by atoms with Crippen LogP contribution in [-0.4, -0.2) is 24.2 Å². The van der Waals surface area contributed by atoms with Gasteiger partial charge in [0.15, 0.2) is 5.78 Å². The molecule has 2 rings (SSSR count). The third kappa shape index (κ3) is 5.63. The Hall–Kier alpha value is -2.74. The highest BCUT2D eigenvalue weighted by Crippen LogP contribution is 2.59. The highest BCUT2D eigenvalue weighted by molar-refractivity contribution is 7.54. The maximum Gasteiger partial charge on any atom is 0.357 e. The normalized spacial score (nSPS) is 12.2. The van der Waals surface area contributed by atoms with Crippen molar-refractivity contribution in [3.05, 3.63) is 70.3 Å². The lowest BCUT2D eigenvalue weighted by atomic mass is 10.2. The van der Waals surface area contributed by atoms with E-state index in [0.29, 0.717) is 11.3 Å². The molecule has 0 aromatic heterocycles. The van der Waals surface area contributed by atoms with Crippen molar-refractivity contribution in [2.24, 2.45) is 0 Å². The minimum atomic E-state index is -3.69. The molecule has 0 aliphatic heterocycles. The van der Waals surface area contributed by atoms with Crippen molar-refractivity contribution in [1.82, 2.24) is 5.32 Å². The number of hydrogen-bond acceptors (Lipinski definition) is 6. The summed E-state index contributed by atoms with van der Waals surface area (Å²) in [6.07, 6.45) is 0. The van der Waals surface area contributed by atoms with Crippen molar-refractivity contribution in [3.63, 3.8) is 0 Å². The van der Waals surface area contributed by atoms with E-state index >= 15 is 0 Å². The average molecular weight is 407 g/mol. The third-order valence-electron chi connectivity index (χ3n) is 3.65. The number of hydrogen-bond donors (Lipinski definition) is 2. The highest BCUT2D eigenvalue weighted by Gasteiger charge is 2.38. The van der Waals surface area contributed by atoms with Gasteiger partial charge in [-0.05, 0) is 31.5 Å². The summed E-state index contributed by atoms with van der Waals surface area (Å²) in [5.74, 6) is -1.02. The van der Waals surface area contributed by atoms with Gasteiger partial charge in [0.1, 0.15) is 0 Å². The van der Waals surface area contributed by atoms with Crippen LogP contribution in [0.4, 0.5) is 16.2 Å². The summed E-state index contributed by atoms with van der Waals surface area (Å²) in [6, 6.07) is 13.4. The van der Waals surface area contributed by atoms with Crippen molar-refractivity contribution in [3.8, 4) is 0 Å². The molecular formula is C18H22N3O6P. The van der Waals surface area contributed by atoms with Crippen molar-refractivity contribution in [2.45, 2.75) is 19.6 Å². The first-order chi connectivity index (χ1) is 13.4. The molecule has 150 valence electrons. The summed E-state index contributed by atoms with van der Waals surface area (Å²) in [4.78, 5) is 22.7. The second-order valence-electron chi connectivity index (χ2n) is 5.59. The molecule has 2 amide bonds. The standard InChI is InChI=1S/C18H22N3O6P/c1-3-26-28(25,27-4-2)17(14-8-6-5-7-9-14)20-18(22)19-15-10-12-16(13-11-15)21(23)24/h5-13,17H,3-4H2,1-2H3,(H2,19,20,22)/t17-/m1/s1. The number of non-ortho nitro benzene ring substituents is 1. The largest absolute Gasteiger partial charge is 0.357 e. The zero-order chi connectivity index (χ0) is 20.6. The lowest BCUT2D eigenvalue weighted by molar-refractivity contribution is -0.384. The van der Waals surface area contributed by atoms with Gasteiger partial charge in [-0.15, -0.1) is 0 Å². The van der Waals surface area contributed by atoms with Crippen LogP contribution in [0, 0.1) is 10.1 Å². The third-order valence-corrected chi connectivity index (χ3v) is 5.95. The highest BCUT2D eigenvalue weighted by atomic mass is 31.2. The minimum Gasteiger partial charge on any atom is -0.320 e. The second-order valence-corrected chi connectivity index (χ2v) is 7.70. The molecule has 0 saturated heterocycles. The van der Waals surface area contributed by atoms with Crippen LogP contribution in [-0.2, 0) is 13.6 Å². The molecule has 0 saturated carbocycles. The number of urea groups is 1. The SMILES string of the molecule is CCOP(=O)(OCC)[C@@H](NC(=O)Nc1ccc([N+](=O)[O-])cc1)c1ccccc1. The summed E-state index contributed by atoms with van der Waals surface area (Å²) in [5.41, 5.74) is 0.814. The molecule has 28 heavy (non-hydrogen) atoms. The fourth-order valence-electron chi connectivity index (χ4n) is 2.48. The van der Waals surface area contributed by atoms with E-state index in [1.165, 1.54) is 24.3 Å². The van der Waals surface area contributed by atoms with E-state index in [1.807, 2.05) is 0 Å². The molecule has 2 aromatic rings. The molecule has 0 unspecified atom stereocenters. The second kappa shape index (κ2) is 9.98. The monoisotopic (exact) mass is 407 g/mol. The molecule has 10 heteroatoms. The van der Waals surface area contributed by atoms with E-state index < -0.39 is 24.3 Å². The average Bonchev–Trinajstić information content (AvgIpc) is 2.67. The van der Waals surface area contributed by atoms with Gasteiger partial charge in [0.25, 0.3) is 5.69 Å². The maximum absolute atomic E-state index is 13.3. The number of benzene rings is 2. The van der Waals surface area contributed by atoms with Gasteiger partial charge in [-0.3, -0.25) is 14.7 Å². The summed E-state index contributed by atoms with van der Waals surface area (Å²) in [7, 11) is -3.69. The summed E-state index contributed by atoms with van der Waals surface area (Å²) < 4.78 is 24.1. The van der Waals surface area contributed by atoms with Crippen LogP contribution in [0.2, 0.25) is 0 Å². The van der Waals surface area contributed by atoms with E-state index in [9.17, 15) is 19.5 Å². The van der Waals surface area contributed by atoms with Crippen LogP contribution in [0.1, 0.15) is 25.2 Å². The number of nitro groups is 1. The Balaban J connectivity index is 2.22. The van der Waals surface area contributed by atoms with Gasteiger partial charge in [-0.25, -0.2) is 4.79 Å². The number of rotatable bonds is 9. The van der Waals surface area contributed by atoms with Crippen LogP contribution < -0.4 is 10.6 Å². The van der Waals surface area contributed by atoms with E-state index in [4.69, 9.17) is 9.05 Å². The van der Waals surface area contributed by atoms with Crippen LogP contribution in [0.3, 0.4) is 0 Å². The van der Waals surface area contributed by atoms with Gasteiger partial charge in [0, 0.05) is 17.8 Å². The number of carbonyl (C=O) groups excluding carboxylic acids is 1. The maximum atomic E-state index is 13.3. The van der Waals surface area contributed by atoms with Gasteiger partial charge < -0.3 is 19.7 Å². The topological polar surface area (TPSA) is 120 Å². The molecule has 0 fully saturated rings. The van der Waals surface area contributed by atoms with Crippen molar-refractivity contribution in [2.75, 3.05) is 18.5 Å². The summed E-state index contributed by atoms with van der Waals surface area (Å²) in [5, 5.41) is 15.9. The smallest absolute Gasteiger partial charge is 0.320 e. The molecule has 0 bridgehead atoms. The molecule has 0 aliphatic rings. The molecule has 0 heterocycles. The van der Waals surface area contributed by atoms with Crippen LogP contribution >= 0.6 is 7.60 Å². The quantitative estimate of drug-likeness (QED) is 0.354. The van der Waals surface area contributed by atoms with E-state index in [0.717, 1.165) is 0 Å². The Labute approximate surface area is 162 Å². The Morgan fingerprint density at radius 2 is 1.64 bits per heavy atom. The van der Waals surface area contributed by atoms with Crippen LogP contribution in [0.15, 0.2) is 54.6 Å². The molecule has 2 aromatic carbocycles. The first-order valence-corrected chi connectivity index (χ1v) is 10.3. The number of amides is 2. The lowest BCUT2D eigenvalue weighted by Gasteiger charge is -2.27. The van der Waals surface area contributed by atoms with Gasteiger partial charge in [-0.1, -0.05) is 30.3 Å².